The van der Waals surface area contributed by atoms with Gasteiger partial charge in [0, 0.05) is 29.4 Å². The average Bonchev–Trinajstić information content (AvgIpc) is 2.00. The Hall–Kier alpha value is 0.0700. The van der Waals surface area contributed by atoms with Crippen molar-refractivity contribution in [2.45, 2.75) is 19.4 Å². The summed E-state index contributed by atoms with van der Waals surface area (Å²) in [5.74, 6) is 1.32. The highest BCUT2D eigenvalue weighted by Crippen LogP contribution is 1.94. The molecule has 0 aromatic heterocycles. The van der Waals surface area contributed by atoms with Crippen LogP contribution < -0.4 is 5.73 Å². The quantitative estimate of drug-likeness (QED) is 0.630. The molecule has 11 heavy (non-hydrogen) atoms. The van der Waals surface area contributed by atoms with Crippen molar-refractivity contribution in [1.29, 1.82) is 0 Å². The Labute approximate surface area is 70.8 Å². The van der Waals surface area contributed by atoms with Crippen molar-refractivity contribution in [3.05, 3.63) is 0 Å². The van der Waals surface area contributed by atoms with E-state index in [9.17, 15) is 4.21 Å². The van der Waals surface area contributed by atoms with Crippen LogP contribution in [-0.4, -0.2) is 35.5 Å². The maximum Gasteiger partial charge on any atom is 0.0658 e. The van der Waals surface area contributed by atoms with E-state index >= 15 is 0 Å². The van der Waals surface area contributed by atoms with Crippen molar-refractivity contribution < 1.29 is 8.95 Å². The van der Waals surface area contributed by atoms with Crippen molar-refractivity contribution in [3.63, 3.8) is 0 Å². The summed E-state index contributed by atoms with van der Waals surface area (Å²) < 4.78 is 16.1. The Bertz CT molecular complexity index is 119. The second-order valence-corrected chi connectivity index (χ2v) is 4.12. The number of hydrogen-bond acceptors (Lipinski definition) is 3. The molecule has 0 saturated heterocycles. The lowest BCUT2D eigenvalue weighted by Gasteiger charge is -2.07. The van der Waals surface area contributed by atoms with E-state index in [1.54, 1.807) is 7.11 Å². The Morgan fingerprint density at radius 3 is 2.73 bits per heavy atom. The van der Waals surface area contributed by atoms with E-state index < -0.39 is 10.8 Å². The molecule has 2 N–H and O–H groups in total. The minimum atomic E-state index is -0.755. The molecule has 0 bridgehead atoms. The number of nitrogens with two attached hydrogens (primary N) is 1. The molecule has 0 heterocycles. The van der Waals surface area contributed by atoms with Crippen LogP contribution in [0.25, 0.3) is 0 Å². The van der Waals surface area contributed by atoms with Gasteiger partial charge in [0.25, 0.3) is 0 Å². The zero-order valence-corrected chi connectivity index (χ0v) is 8.02. The van der Waals surface area contributed by atoms with Gasteiger partial charge in [-0.3, -0.25) is 4.21 Å². The van der Waals surface area contributed by atoms with E-state index in [1.807, 2.05) is 6.92 Å². The van der Waals surface area contributed by atoms with Crippen molar-refractivity contribution in [2.75, 3.05) is 25.2 Å². The van der Waals surface area contributed by atoms with E-state index in [0.29, 0.717) is 18.1 Å². The summed E-state index contributed by atoms with van der Waals surface area (Å²) in [7, 11) is 0.875. The molecule has 0 rings (SSSR count). The van der Waals surface area contributed by atoms with Crippen LogP contribution in [0.4, 0.5) is 0 Å². The first-order valence-electron chi connectivity index (χ1n) is 3.78. The molecule has 0 saturated carbocycles. The Morgan fingerprint density at radius 2 is 2.27 bits per heavy atom. The van der Waals surface area contributed by atoms with Gasteiger partial charge >= 0.3 is 0 Å². The summed E-state index contributed by atoms with van der Waals surface area (Å²) in [5, 5.41) is 0. The Morgan fingerprint density at radius 1 is 1.64 bits per heavy atom. The number of methoxy groups -OCH3 is 1. The fourth-order valence-electron chi connectivity index (χ4n) is 0.657. The SMILES string of the molecule is COC(C)CS(=O)CCCN. The molecule has 4 heteroatoms. The zero-order valence-electron chi connectivity index (χ0n) is 7.21. The second-order valence-electron chi connectivity index (χ2n) is 2.50. The van der Waals surface area contributed by atoms with Crippen LogP contribution in [0.1, 0.15) is 13.3 Å². The van der Waals surface area contributed by atoms with Gasteiger partial charge < -0.3 is 10.5 Å². The van der Waals surface area contributed by atoms with Crippen molar-refractivity contribution in [1.82, 2.24) is 0 Å². The van der Waals surface area contributed by atoms with Gasteiger partial charge in [0.15, 0.2) is 0 Å². The molecule has 68 valence electrons. The molecule has 0 aliphatic carbocycles. The molecular weight excluding hydrogens is 162 g/mol. The van der Waals surface area contributed by atoms with Crippen LogP contribution >= 0.6 is 0 Å². The molecule has 0 aromatic carbocycles. The lowest BCUT2D eigenvalue weighted by Crippen LogP contribution is -2.18. The summed E-state index contributed by atoms with van der Waals surface area (Å²) in [6, 6.07) is 0. The van der Waals surface area contributed by atoms with E-state index in [-0.39, 0.29) is 6.10 Å². The van der Waals surface area contributed by atoms with Crippen LogP contribution in [-0.2, 0) is 15.5 Å². The first-order chi connectivity index (χ1) is 5.20. The molecule has 2 unspecified atom stereocenters. The average molecular weight is 179 g/mol. The van der Waals surface area contributed by atoms with Gasteiger partial charge in [-0.15, -0.1) is 0 Å². The van der Waals surface area contributed by atoms with E-state index in [1.165, 1.54) is 0 Å². The first kappa shape index (κ1) is 11.1. The van der Waals surface area contributed by atoms with Gasteiger partial charge in [0.05, 0.1) is 6.10 Å². The smallest absolute Gasteiger partial charge is 0.0658 e. The van der Waals surface area contributed by atoms with Crippen molar-refractivity contribution in [3.8, 4) is 0 Å². The summed E-state index contributed by atoms with van der Waals surface area (Å²) in [6.45, 7) is 2.54. The fraction of sp³-hybridized carbons (Fsp3) is 1.00. The summed E-state index contributed by atoms with van der Waals surface area (Å²) in [6.07, 6.45) is 0.928. The molecule has 3 nitrogen and oxygen atoms in total. The number of hydrogen-bond donors (Lipinski definition) is 1. The minimum absolute atomic E-state index is 0.0913. The van der Waals surface area contributed by atoms with Gasteiger partial charge in [-0.05, 0) is 19.9 Å². The molecule has 0 radical (unpaired) electrons. The van der Waals surface area contributed by atoms with Crippen LogP contribution in [0.3, 0.4) is 0 Å². The summed E-state index contributed by atoms with van der Waals surface area (Å²) in [4.78, 5) is 0. The highest BCUT2D eigenvalue weighted by molar-refractivity contribution is 7.85. The largest absolute Gasteiger partial charge is 0.381 e. The Balaban J connectivity index is 3.36. The highest BCUT2D eigenvalue weighted by Gasteiger charge is 2.04. The van der Waals surface area contributed by atoms with Crippen molar-refractivity contribution in [2.24, 2.45) is 5.73 Å². The molecule has 2 atom stereocenters. The predicted molar refractivity (Wildman–Crippen MR) is 48.0 cm³/mol. The third-order valence-corrected chi connectivity index (χ3v) is 2.98. The fourth-order valence-corrected chi connectivity index (χ4v) is 1.97. The predicted octanol–water partition coefficient (Wildman–Crippen LogP) is 0.119. The molecule has 0 aromatic rings. The zero-order chi connectivity index (χ0) is 8.69. The van der Waals surface area contributed by atoms with Crippen LogP contribution in [0.5, 0.6) is 0 Å². The highest BCUT2D eigenvalue weighted by atomic mass is 32.2. The van der Waals surface area contributed by atoms with E-state index in [0.717, 1.165) is 6.42 Å². The van der Waals surface area contributed by atoms with E-state index in [4.69, 9.17) is 10.5 Å². The standard InChI is InChI=1S/C7H17NO2S/c1-7(10-2)6-11(9)5-3-4-8/h7H,3-6,8H2,1-2H3. The normalized spacial score (nSPS) is 16.3. The van der Waals surface area contributed by atoms with Gasteiger partial charge in [-0.25, -0.2) is 0 Å². The minimum Gasteiger partial charge on any atom is -0.381 e. The second kappa shape index (κ2) is 6.76. The van der Waals surface area contributed by atoms with Gasteiger partial charge in [0.1, 0.15) is 0 Å². The molecular formula is C7H17NO2S. The maximum atomic E-state index is 11.1. The van der Waals surface area contributed by atoms with Crippen LogP contribution in [0.15, 0.2) is 0 Å². The number of rotatable bonds is 6. The molecule has 0 spiro atoms. The summed E-state index contributed by atoms with van der Waals surface area (Å²) in [5.41, 5.74) is 5.27. The maximum absolute atomic E-state index is 11.1. The lowest BCUT2D eigenvalue weighted by molar-refractivity contribution is 0.137. The van der Waals surface area contributed by atoms with Crippen molar-refractivity contribution >= 4 is 10.8 Å². The lowest BCUT2D eigenvalue weighted by atomic mass is 10.5. The number of ether oxygens (including phenoxy) is 1. The van der Waals surface area contributed by atoms with E-state index in [2.05, 4.69) is 0 Å². The van der Waals surface area contributed by atoms with Crippen LogP contribution in [0, 0.1) is 0 Å². The molecule has 0 aliphatic heterocycles. The van der Waals surface area contributed by atoms with Crippen LogP contribution in [0.2, 0.25) is 0 Å². The summed E-state index contributed by atoms with van der Waals surface area (Å²) >= 11 is 0. The third kappa shape index (κ3) is 6.47. The monoisotopic (exact) mass is 179 g/mol. The third-order valence-electron chi connectivity index (χ3n) is 1.40. The van der Waals surface area contributed by atoms with Gasteiger partial charge in [-0.2, -0.15) is 0 Å². The molecule has 0 amide bonds. The first-order valence-corrected chi connectivity index (χ1v) is 5.27. The Kier molecular flexibility index (Phi) is 6.80. The van der Waals surface area contributed by atoms with Gasteiger partial charge in [-0.1, -0.05) is 0 Å². The van der Waals surface area contributed by atoms with Gasteiger partial charge in [0.2, 0.25) is 0 Å². The molecule has 0 aliphatic rings. The topological polar surface area (TPSA) is 52.3 Å². The molecule has 0 fully saturated rings.